The van der Waals surface area contributed by atoms with Gasteiger partial charge in [0.1, 0.15) is 11.4 Å². The van der Waals surface area contributed by atoms with Crippen LogP contribution in [0.3, 0.4) is 0 Å². The Kier molecular flexibility index (Phi) is 3.28. The lowest BCUT2D eigenvalue weighted by Gasteiger charge is -2.07. The lowest BCUT2D eigenvalue weighted by molar-refractivity contribution is 0.0596. The Bertz CT molecular complexity index is 339. The standard InChI is InChI=1S/C9H12N2O3/c1-10-7-5-4-6(9(12)14-3)8(11-7)13-2/h4-5H,1-3H3,(H,10,11). The molecular formula is C9H12N2O3. The van der Waals surface area contributed by atoms with Crippen molar-refractivity contribution in [2.24, 2.45) is 0 Å². The molecule has 14 heavy (non-hydrogen) atoms. The van der Waals surface area contributed by atoms with E-state index < -0.39 is 5.97 Å². The van der Waals surface area contributed by atoms with Gasteiger partial charge in [0.25, 0.3) is 0 Å². The van der Waals surface area contributed by atoms with E-state index in [1.54, 1.807) is 19.2 Å². The second kappa shape index (κ2) is 4.45. The Morgan fingerprint density at radius 2 is 2.14 bits per heavy atom. The van der Waals surface area contributed by atoms with Crippen LogP contribution < -0.4 is 10.1 Å². The van der Waals surface area contributed by atoms with Gasteiger partial charge in [-0.3, -0.25) is 0 Å². The molecule has 0 aliphatic rings. The molecule has 0 saturated carbocycles. The molecule has 5 heteroatoms. The van der Waals surface area contributed by atoms with E-state index in [-0.39, 0.29) is 5.88 Å². The minimum absolute atomic E-state index is 0.253. The summed E-state index contributed by atoms with van der Waals surface area (Å²) in [7, 11) is 4.50. The highest BCUT2D eigenvalue weighted by molar-refractivity contribution is 5.92. The highest BCUT2D eigenvalue weighted by atomic mass is 16.5. The lowest BCUT2D eigenvalue weighted by Crippen LogP contribution is -2.06. The monoisotopic (exact) mass is 196 g/mol. The third kappa shape index (κ3) is 1.93. The van der Waals surface area contributed by atoms with Gasteiger partial charge in [0.2, 0.25) is 5.88 Å². The Morgan fingerprint density at radius 3 is 2.64 bits per heavy atom. The van der Waals surface area contributed by atoms with Crippen molar-refractivity contribution in [2.45, 2.75) is 0 Å². The van der Waals surface area contributed by atoms with Crippen molar-refractivity contribution in [3.8, 4) is 5.88 Å². The molecule has 0 amide bonds. The number of pyridine rings is 1. The summed E-state index contributed by atoms with van der Waals surface area (Å²) in [5.41, 5.74) is 0.314. The Hall–Kier alpha value is -1.78. The van der Waals surface area contributed by atoms with Crippen LogP contribution in [0.4, 0.5) is 5.82 Å². The molecule has 76 valence electrons. The molecule has 0 aromatic carbocycles. The number of hydrogen-bond acceptors (Lipinski definition) is 5. The van der Waals surface area contributed by atoms with Crippen molar-refractivity contribution in [2.75, 3.05) is 26.6 Å². The largest absolute Gasteiger partial charge is 0.480 e. The topological polar surface area (TPSA) is 60.5 Å². The first kappa shape index (κ1) is 10.3. The summed E-state index contributed by atoms with van der Waals surface area (Å²) in [6.45, 7) is 0. The van der Waals surface area contributed by atoms with Crippen molar-refractivity contribution >= 4 is 11.8 Å². The van der Waals surface area contributed by atoms with Gasteiger partial charge in [-0.1, -0.05) is 0 Å². The quantitative estimate of drug-likeness (QED) is 0.728. The zero-order valence-electron chi connectivity index (χ0n) is 8.33. The maximum Gasteiger partial charge on any atom is 0.343 e. The van der Waals surface area contributed by atoms with Crippen LogP contribution >= 0.6 is 0 Å². The third-order valence-corrected chi connectivity index (χ3v) is 1.72. The summed E-state index contributed by atoms with van der Waals surface area (Å²) >= 11 is 0. The van der Waals surface area contributed by atoms with Gasteiger partial charge in [-0.05, 0) is 12.1 Å². The van der Waals surface area contributed by atoms with Gasteiger partial charge in [0.05, 0.1) is 14.2 Å². The normalized spacial score (nSPS) is 9.36. The number of ether oxygens (including phenoxy) is 2. The van der Waals surface area contributed by atoms with E-state index in [0.717, 1.165) is 0 Å². The van der Waals surface area contributed by atoms with E-state index in [9.17, 15) is 4.79 Å². The molecule has 0 aliphatic carbocycles. The van der Waals surface area contributed by atoms with Crippen LogP contribution in [-0.4, -0.2) is 32.2 Å². The molecular weight excluding hydrogens is 184 g/mol. The second-order valence-electron chi connectivity index (χ2n) is 2.49. The van der Waals surface area contributed by atoms with Crippen LogP contribution in [0.5, 0.6) is 5.88 Å². The molecule has 1 N–H and O–H groups in total. The molecule has 0 radical (unpaired) electrons. The smallest absolute Gasteiger partial charge is 0.343 e. The third-order valence-electron chi connectivity index (χ3n) is 1.72. The number of hydrogen-bond donors (Lipinski definition) is 1. The molecule has 0 bridgehead atoms. The number of anilines is 1. The van der Waals surface area contributed by atoms with Gasteiger partial charge in [0, 0.05) is 7.05 Å². The van der Waals surface area contributed by atoms with E-state index in [2.05, 4.69) is 15.0 Å². The number of carbonyl (C=O) groups excluding carboxylic acids is 1. The van der Waals surface area contributed by atoms with Crippen molar-refractivity contribution in [1.29, 1.82) is 0 Å². The predicted molar refractivity (Wildman–Crippen MR) is 51.7 cm³/mol. The van der Waals surface area contributed by atoms with E-state index in [4.69, 9.17) is 4.74 Å². The van der Waals surface area contributed by atoms with Crippen LogP contribution in [0.2, 0.25) is 0 Å². The summed E-state index contributed by atoms with van der Waals surface area (Å²) in [6.07, 6.45) is 0. The number of methoxy groups -OCH3 is 2. The van der Waals surface area contributed by atoms with E-state index in [1.807, 2.05) is 0 Å². The van der Waals surface area contributed by atoms with Gasteiger partial charge < -0.3 is 14.8 Å². The fraction of sp³-hybridized carbons (Fsp3) is 0.333. The molecule has 0 fully saturated rings. The first-order valence-corrected chi connectivity index (χ1v) is 4.04. The van der Waals surface area contributed by atoms with Gasteiger partial charge in [0.15, 0.2) is 0 Å². The predicted octanol–water partition coefficient (Wildman–Crippen LogP) is 0.918. The molecule has 1 heterocycles. The maximum atomic E-state index is 11.2. The van der Waals surface area contributed by atoms with Gasteiger partial charge in [-0.15, -0.1) is 0 Å². The molecule has 0 atom stereocenters. The molecule has 0 saturated heterocycles. The SMILES string of the molecule is CNc1ccc(C(=O)OC)c(OC)n1. The summed E-state index contributed by atoms with van der Waals surface area (Å²) in [5.74, 6) is 0.426. The first-order valence-electron chi connectivity index (χ1n) is 4.04. The molecule has 1 aromatic rings. The van der Waals surface area contributed by atoms with E-state index in [0.29, 0.717) is 11.4 Å². The number of aromatic nitrogens is 1. The number of carbonyl (C=O) groups is 1. The molecule has 1 aromatic heterocycles. The molecule has 5 nitrogen and oxygen atoms in total. The number of nitrogens with zero attached hydrogens (tertiary/aromatic N) is 1. The second-order valence-corrected chi connectivity index (χ2v) is 2.49. The number of esters is 1. The summed E-state index contributed by atoms with van der Waals surface area (Å²) in [6, 6.07) is 3.28. The fourth-order valence-corrected chi connectivity index (χ4v) is 1.00. The summed E-state index contributed by atoms with van der Waals surface area (Å²) in [5, 5.41) is 2.84. The lowest BCUT2D eigenvalue weighted by atomic mass is 10.2. The van der Waals surface area contributed by atoms with Crippen LogP contribution in [0.1, 0.15) is 10.4 Å². The van der Waals surface area contributed by atoms with Crippen molar-refractivity contribution in [1.82, 2.24) is 4.98 Å². The highest BCUT2D eigenvalue weighted by Gasteiger charge is 2.13. The summed E-state index contributed by atoms with van der Waals surface area (Å²) < 4.78 is 9.53. The number of rotatable bonds is 3. The molecule has 0 spiro atoms. The number of nitrogens with one attached hydrogen (secondary N) is 1. The summed E-state index contributed by atoms with van der Waals surface area (Å²) in [4.78, 5) is 15.3. The Labute approximate surface area is 82.0 Å². The zero-order valence-corrected chi connectivity index (χ0v) is 8.33. The highest BCUT2D eigenvalue weighted by Crippen LogP contribution is 2.18. The Balaban J connectivity index is 3.11. The first-order chi connectivity index (χ1) is 6.72. The van der Waals surface area contributed by atoms with Crippen LogP contribution in [0.25, 0.3) is 0 Å². The van der Waals surface area contributed by atoms with Crippen LogP contribution in [-0.2, 0) is 4.74 Å². The van der Waals surface area contributed by atoms with Gasteiger partial charge >= 0.3 is 5.97 Å². The zero-order chi connectivity index (χ0) is 10.6. The minimum atomic E-state index is -0.461. The molecule has 1 rings (SSSR count). The van der Waals surface area contributed by atoms with Crippen molar-refractivity contribution in [3.05, 3.63) is 17.7 Å². The molecule has 0 unspecified atom stereocenters. The maximum absolute atomic E-state index is 11.2. The van der Waals surface area contributed by atoms with E-state index >= 15 is 0 Å². The fourth-order valence-electron chi connectivity index (χ4n) is 1.00. The molecule has 0 aliphatic heterocycles. The van der Waals surface area contributed by atoms with Crippen molar-refractivity contribution in [3.63, 3.8) is 0 Å². The van der Waals surface area contributed by atoms with Crippen LogP contribution in [0, 0.1) is 0 Å². The van der Waals surface area contributed by atoms with Gasteiger partial charge in [-0.2, -0.15) is 4.98 Å². The van der Waals surface area contributed by atoms with E-state index in [1.165, 1.54) is 14.2 Å². The average Bonchev–Trinajstić information content (AvgIpc) is 2.27. The van der Waals surface area contributed by atoms with Crippen LogP contribution in [0.15, 0.2) is 12.1 Å². The van der Waals surface area contributed by atoms with Crippen molar-refractivity contribution < 1.29 is 14.3 Å². The van der Waals surface area contributed by atoms with Gasteiger partial charge in [-0.25, -0.2) is 4.79 Å². The minimum Gasteiger partial charge on any atom is -0.480 e. The Morgan fingerprint density at radius 1 is 1.43 bits per heavy atom. The average molecular weight is 196 g/mol.